The van der Waals surface area contributed by atoms with Gasteiger partial charge >= 0.3 is 307 Å². The zero-order valence-electron chi connectivity index (χ0n) is 32.5. The maximum atomic E-state index is 2.89. The molecule has 0 nitrogen and oxygen atoms in total. The quantitative estimate of drug-likeness (QED) is 0.155. The summed E-state index contributed by atoms with van der Waals surface area (Å²) >= 11 is -3.79. The van der Waals surface area contributed by atoms with Crippen molar-refractivity contribution in [3.05, 3.63) is 128 Å². The SMILES string of the molecule is Cc1cc(C)cc(-c2cccc3c2C=C(CC2CCCC2)[CH]3[Zr]([CH3])([CH3])(=[SiH2])[CH]2C(CC3CCCC3)=Cc3c(-c4cc(C)cc(C)c4)cccc32)c1.Cl.Cl. The standard InChI is InChI=1S/2C23H25.2CH3.2ClH.H2Si.Zr/c2*1-16-10-17(2)12-21(11-16)22-9-5-8-20-14-19(15-23(20)22)13-18-6-3-4-7-18;;;;;;/h2*5,8-12,14-15,18H,3-4,6-7,13H2,1-2H3;2*1H3;2*1H;1H2;. The van der Waals surface area contributed by atoms with Crippen LogP contribution in [0.25, 0.3) is 34.4 Å². The summed E-state index contributed by atoms with van der Waals surface area (Å²) in [6.07, 6.45) is 19.4. The van der Waals surface area contributed by atoms with Crippen LogP contribution in [0.1, 0.15) is 116 Å². The molecule has 4 aromatic rings. The van der Waals surface area contributed by atoms with Gasteiger partial charge in [-0.15, -0.1) is 24.8 Å². The third-order valence-corrected chi connectivity index (χ3v) is 30.8. The number of benzene rings is 4. The Morgan fingerprint density at radius 3 is 1.23 bits per heavy atom. The van der Waals surface area contributed by atoms with E-state index in [1.54, 1.807) is 22.3 Å². The molecule has 0 spiro atoms. The maximum absolute atomic E-state index is 3.79. The molecule has 0 radical (unpaired) electrons. The van der Waals surface area contributed by atoms with Crippen LogP contribution in [-0.4, -0.2) is 6.88 Å². The summed E-state index contributed by atoms with van der Waals surface area (Å²) in [5, 5.41) is 0. The summed E-state index contributed by atoms with van der Waals surface area (Å²) in [6.45, 7) is 11.6. The molecule has 2 atom stereocenters. The molecule has 0 bridgehead atoms. The van der Waals surface area contributed by atoms with Crippen LogP contribution in [0.4, 0.5) is 0 Å². The van der Waals surface area contributed by atoms with Crippen molar-refractivity contribution in [2.24, 2.45) is 11.8 Å². The molecule has 4 aliphatic carbocycles. The first-order valence-corrected chi connectivity index (χ1v) is 33.5. The van der Waals surface area contributed by atoms with Gasteiger partial charge < -0.3 is 0 Å². The molecule has 52 heavy (non-hydrogen) atoms. The second-order valence-electron chi connectivity index (χ2n) is 18.3. The second-order valence-corrected chi connectivity index (χ2v) is 48.8. The van der Waals surface area contributed by atoms with E-state index < -0.39 is 17.4 Å². The summed E-state index contributed by atoms with van der Waals surface area (Å²) in [4.78, 5) is 0. The van der Waals surface area contributed by atoms with Gasteiger partial charge in [-0.05, 0) is 0 Å². The number of hydrogen-bond donors (Lipinski definition) is 0. The van der Waals surface area contributed by atoms with Gasteiger partial charge in [0, 0.05) is 0 Å². The molecule has 2 saturated carbocycles. The van der Waals surface area contributed by atoms with Crippen molar-refractivity contribution < 1.29 is 17.4 Å². The van der Waals surface area contributed by atoms with Gasteiger partial charge in [0.2, 0.25) is 0 Å². The van der Waals surface area contributed by atoms with Crippen molar-refractivity contribution in [3.8, 4) is 22.3 Å². The van der Waals surface area contributed by atoms with E-state index in [4.69, 9.17) is 0 Å². The van der Waals surface area contributed by atoms with Gasteiger partial charge in [-0.1, -0.05) is 0 Å². The Bertz CT molecular complexity index is 1930. The summed E-state index contributed by atoms with van der Waals surface area (Å²) in [7, 11) is 0. The van der Waals surface area contributed by atoms with Crippen LogP contribution in [-0.2, 0) is 17.4 Å². The maximum Gasteiger partial charge on any atom is -0.147 e. The first-order valence-electron chi connectivity index (χ1n) is 19.8. The van der Waals surface area contributed by atoms with Crippen molar-refractivity contribution in [1.29, 1.82) is 0 Å². The number of rotatable bonds is 8. The zero-order valence-corrected chi connectivity index (χ0v) is 38.0. The number of halogens is 2. The molecule has 4 heteroatoms. The van der Waals surface area contributed by atoms with Crippen molar-refractivity contribution in [2.75, 3.05) is 0 Å². The minimum Gasteiger partial charge on any atom is -0.147 e. The Kier molecular flexibility index (Phi) is 11.7. The van der Waals surface area contributed by atoms with E-state index in [1.807, 2.05) is 0 Å². The summed E-state index contributed by atoms with van der Waals surface area (Å²) in [5.74, 6) is 1.69. The minimum atomic E-state index is -3.79. The molecule has 274 valence electrons. The molecule has 0 aliphatic heterocycles. The fraction of sp³-hybridized carbons (Fsp3) is 0.417. The molecule has 8 rings (SSSR count). The zero-order chi connectivity index (χ0) is 34.8. The van der Waals surface area contributed by atoms with Crippen LogP contribution >= 0.6 is 24.8 Å². The van der Waals surface area contributed by atoms with Crippen LogP contribution < -0.4 is 0 Å². The molecule has 0 N–H and O–H groups in total. The Morgan fingerprint density at radius 2 is 0.885 bits per heavy atom. The first kappa shape index (κ1) is 39.7. The van der Waals surface area contributed by atoms with Crippen LogP contribution in [0.3, 0.4) is 0 Å². The Labute approximate surface area is 329 Å². The van der Waals surface area contributed by atoms with Gasteiger partial charge in [0.05, 0.1) is 0 Å². The Balaban J connectivity index is 0.00000232. The van der Waals surface area contributed by atoms with E-state index in [9.17, 15) is 0 Å². The van der Waals surface area contributed by atoms with Crippen LogP contribution in [0.2, 0.25) is 9.26 Å². The molecule has 2 unspecified atom stereocenters. The smallest absolute Gasteiger partial charge is 0.147 e. The third-order valence-electron chi connectivity index (χ3n) is 13.3. The predicted molar refractivity (Wildman–Crippen MR) is 232 cm³/mol. The third kappa shape index (κ3) is 7.38. The largest absolute Gasteiger partial charge is 0.147 e. The second kappa shape index (κ2) is 15.3. The molecule has 4 aliphatic rings. The molecule has 4 aromatic carbocycles. The topological polar surface area (TPSA) is 0 Å². The summed E-state index contributed by atoms with van der Waals surface area (Å²) < 4.78 is 6.92. The van der Waals surface area contributed by atoms with Crippen LogP contribution in [0.15, 0.2) is 83.9 Å². The Hall–Kier alpha value is -1.96. The van der Waals surface area contributed by atoms with Gasteiger partial charge in [0.15, 0.2) is 0 Å². The van der Waals surface area contributed by atoms with Gasteiger partial charge in [0.1, 0.15) is 0 Å². The monoisotopic (exact) mass is 824 g/mol. The van der Waals surface area contributed by atoms with Crippen molar-refractivity contribution in [2.45, 2.75) is 108 Å². The number of aryl methyl sites for hydroxylation is 4. The molecular weight excluding hydrogens is 767 g/mol. The molecule has 0 saturated heterocycles. The number of fused-ring (bicyclic) bond motifs is 2. The van der Waals surface area contributed by atoms with E-state index in [-0.39, 0.29) is 24.8 Å². The van der Waals surface area contributed by atoms with Crippen molar-refractivity contribution in [3.63, 3.8) is 0 Å². The van der Waals surface area contributed by atoms with Crippen LogP contribution in [0, 0.1) is 39.5 Å². The average molecular weight is 827 g/mol. The fourth-order valence-corrected chi connectivity index (χ4v) is 31.3. The normalized spacial score (nSPS) is 20.2. The first-order chi connectivity index (χ1) is 23.9. The summed E-state index contributed by atoms with van der Waals surface area (Å²) in [5.41, 5.74) is 21.1. The van der Waals surface area contributed by atoms with Gasteiger partial charge in [-0.25, -0.2) is 0 Å². The van der Waals surface area contributed by atoms with Gasteiger partial charge in [0.25, 0.3) is 0 Å². The molecule has 0 heterocycles. The van der Waals surface area contributed by atoms with E-state index in [1.165, 1.54) is 120 Å². The summed E-state index contributed by atoms with van der Waals surface area (Å²) in [6, 6.07) is 29.1. The fourth-order valence-electron chi connectivity index (χ4n) is 11.5. The van der Waals surface area contributed by atoms with E-state index >= 15 is 0 Å². The van der Waals surface area contributed by atoms with Gasteiger partial charge in [-0.2, -0.15) is 0 Å². The predicted octanol–water partition coefficient (Wildman–Crippen LogP) is 14.2. The minimum absolute atomic E-state index is 0. The molecule has 0 aromatic heterocycles. The van der Waals surface area contributed by atoms with Gasteiger partial charge in [-0.3, -0.25) is 0 Å². The molecular formula is C48H60Cl2SiZr. The van der Waals surface area contributed by atoms with E-state index in [2.05, 4.69) is 129 Å². The molecule has 0 amide bonds. The van der Waals surface area contributed by atoms with E-state index in [0.29, 0.717) is 7.25 Å². The van der Waals surface area contributed by atoms with Crippen molar-refractivity contribution in [1.82, 2.24) is 0 Å². The van der Waals surface area contributed by atoms with Crippen molar-refractivity contribution >= 4 is 43.8 Å². The Morgan fingerprint density at radius 1 is 0.538 bits per heavy atom. The average Bonchev–Trinajstić information content (AvgIpc) is 3.86. The van der Waals surface area contributed by atoms with E-state index in [0.717, 1.165) is 11.8 Å². The van der Waals surface area contributed by atoms with Crippen LogP contribution in [0.5, 0.6) is 0 Å². The molecule has 2 fully saturated rings. The number of allylic oxidation sites excluding steroid dienone is 2. The number of hydrogen-bond acceptors (Lipinski definition) is 0.